The zero-order valence-corrected chi connectivity index (χ0v) is 14.5. The fraction of sp³-hybridized carbons (Fsp3) is 0.214. The standard InChI is InChI=1S/C14H13ClN4O2S2/c1-10(23(20,21)9-12-7-8-13(15)22-12)14-16-17-18-19(14)11-5-3-2-4-6-11/h2-8,10H,9H2,1H3. The molecule has 6 nitrogen and oxygen atoms in total. The molecule has 1 atom stereocenters. The Morgan fingerprint density at radius 2 is 1.96 bits per heavy atom. The zero-order chi connectivity index (χ0) is 16.4. The van der Waals surface area contributed by atoms with Gasteiger partial charge in [-0.2, -0.15) is 4.68 Å². The van der Waals surface area contributed by atoms with Gasteiger partial charge >= 0.3 is 0 Å². The summed E-state index contributed by atoms with van der Waals surface area (Å²) in [4.78, 5) is 0.695. The number of rotatable bonds is 5. The van der Waals surface area contributed by atoms with Gasteiger partial charge in [0.1, 0.15) is 5.25 Å². The molecule has 23 heavy (non-hydrogen) atoms. The molecule has 0 aliphatic heterocycles. The number of sulfone groups is 1. The van der Waals surface area contributed by atoms with Gasteiger partial charge < -0.3 is 0 Å². The highest BCUT2D eigenvalue weighted by molar-refractivity contribution is 7.91. The third-order valence-electron chi connectivity index (χ3n) is 3.37. The molecule has 9 heteroatoms. The van der Waals surface area contributed by atoms with Crippen LogP contribution in [0.25, 0.3) is 5.69 Å². The summed E-state index contributed by atoms with van der Waals surface area (Å²) in [5, 5.41) is 10.6. The summed E-state index contributed by atoms with van der Waals surface area (Å²) in [6, 6.07) is 12.6. The predicted octanol–water partition coefficient (Wildman–Crippen LogP) is 3.05. The highest BCUT2D eigenvalue weighted by Crippen LogP contribution is 2.29. The summed E-state index contributed by atoms with van der Waals surface area (Å²) >= 11 is 7.12. The summed E-state index contributed by atoms with van der Waals surface area (Å²) in [6.45, 7) is 1.59. The fourth-order valence-corrected chi connectivity index (χ4v) is 4.94. The minimum atomic E-state index is -3.47. The van der Waals surface area contributed by atoms with Crippen molar-refractivity contribution < 1.29 is 8.42 Å². The number of tetrazole rings is 1. The molecule has 0 amide bonds. The quantitative estimate of drug-likeness (QED) is 0.691. The number of thiophene rings is 1. The van der Waals surface area contributed by atoms with E-state index in [-0.39, 0.29) is 5.75 Å². The Balaban J connectivity index is 1.91. The van der Waals surface area contributed by atoms with E-state index in [2.05, 4.69) is 15.5 Å². The number of hydrogen-bond donors (Lipinski definition) is 0. The van der Waals surface area contributed by atoms with Crippen molar-refractivity contribution in [2.45, 2.75) is 17.9 Å². The molecule has 0 N–H and O–H groups in total. The van der Waals surface area contributed by atoms with Crippen LogP contribution in [0.15, 0.2) is 42.5 Å². The van der Waals surface area contributed by atoms with E-state index in [1.165, 1.54) is 16.0 Å². The Kier molecular flexibility index (Phi) is 4.47. The first-order chi connectivity index (χ1) is 11.0. The molecule has 2 aromatic heterocycles. The van der Waals surface area contributed by atoms with Gasteiger partial charge in [-0.15, -0.1) is 16.4 Å². The van der Waals surface area contributed by atoms with Gasteiger partial charge in [0, 0.05) is 4.88 Å². The molecule has 0 saturated heterocycles. The highest BCUT2D eigenvalue weighted by Gasteiger charge is 2.29. The SMILES string of the molecule is CC(c1nnnn1-c1ccccc1)S(=O)(=O)Cc1ccc(Cl)s1. The maximum atomic E-state index is 12.6. The lowest BCUT2D eigenvalue weighted by Crippen LogP contribution is -2.17. The van der Waals surface area contributed by atoms with Gasteiger partial charge in [-0.05, 0) is 41.6 Å². The van der Waals surface area contributed by atoms with Crippen LogP contribution >= 0.6 is 22.9 Å². The number of hydrogen-bond acceptors (Lipinski definition) is 6. The van der Waals surface area contributed by atoms with E-state index in [4.69, 9.17) is 11.6 Å². The van der Waals surface area contributed by atoms with Gasteiger partial charge in [-0.1, -0.05) is 29.8 Å². The van der Waals surface area contributed by atoms with Gasteiger partial charge in [0.2, 0.25) is 0 Å². The van der Waals surface area contributed by atoms with Crippen molar-refractivity contribution in [1.29, 1.82) is 0 Å². The normalized spacial score (nSPS) is 13.1. The predicted molar refractivity (Wildman–Crippen MR) is 89.5 cm³/mol. The Hall–Kier alpha value is -1.77. The van der Waals surface area contributed by atoms with Gasteiger partial charge in [0.05, 0.1) is 15.8 Å². The van der Waals surface area contributed by atoms with E-state index in [1.54, 1.807) is 19.1 Å². The largest absolute Gasteiger partial charge is 0.228 e. The van der Waals surface area contributed by atoms with Crippen LogP contribution in [0.1, 0.15) is 22.9 Å². The molecular formula is C14H13ClN4O2S2. The highest BCUT2D eigenvalue weighted by atomic mass is 35.5. The van der Waals surface area contributed by atoms with Crippen LogP contribution in [0.5, 0.6) is 0 Å². The lowest BCUT2D eigenvalue weighted by Gasteiger charge is -2.12. The lowest BCUT2D eigenvalue weighted by molar-refractivity contribution is 0.580. The fourth-order valence-electron chi connectivity index (χ4n) is 2.11. The first kappa shape index (κ1) is 16.1. The number of aromatic nitrogens is 4. The summed E-state index contributed by atoms with van der Waals surface area (Å²) in [5.74, 6) is 0.201. The summed E-state index contributed by atoms with van der Waals surface area (Å²) in [5.41, 5.74) is 0.716. The molecule has 120 valence electrons. The van der Waals surface area contributed by atoms with E-state index in [9.17, 15) is 8.42 Å². The number of para-hydroxylation sites is 1. The second-order valence-corrected chi connectivity index (χ2v) is 9.06. The van der Waals surface area contributed by atoms with Gasteiger partial charge in [-0.3, -0.25) is 0 Å². The number of halogens is 1. The first-order valence-electron chi connectivity index (χ1n) is 6.77. The van der Waals surface area contributed by atoms with Gasteiger partial charge in [0.25, 0.3) is 0 Å². The Morgan fingerprint density at radius 1 is 1.22 bits per heavy atom. The third-order valence-corrected chi connectivity index (χ3v) is 6.78. The lowest BCUT2D eigenvalue weighted by atomic mass is 10.3. The van der Waals surface area contributed by atoms with E-state index >= 15 is 0 Å². The second-order valence-electron chi connectivity index (χ2n) is 4.94. The molecule has 2 heterocycles. The number of benzene rings is 1. The van der Waals surface area contributed by atoms with Crippen molar-refractivity contribution in [1.82, 2.24) is 20.2 Å². The molecule has 1 aromatic carbocycles. The summed E-state index contributed by atoms with van der Waals surface area (Å²) < 4.78 is 27.3. The number of nitrogens with zero attached hydrogens (tertiary/aromatic N) is 4. The first-order valence-corrected chi connectivity index (χ1v) is 9.68. The maximum absolute atomic E-state index is 12.6. The van der Waals surface area contributed by atoms with Crippen molar-refractivity contribution >= 4 is 32.8 Å². The molecule has 0 bridgehead atoms. The topological polar surface area (TPSA) is 77.7 Å². The molecule has 1 unspecified atom stereocenters. The average molecular weight is 369 g/mol. The average Bonchev–Trinajstić information content (AvgIpc) is 3.16. The molecule has 0 radical (unpaired) electrons. The minimum absolute atomic E-state index is 0.0901. The second kappa shape index (κ2) is 6.38. The van der Waals surface area contributed by atoms with E-state index in [0.717, 1.165) is 0 Å². The van der Waals surface area contributed by atoms with Crippen LogP contribution in [-0.2, 0) is 15.6 Å². The van der Waals surface area contributed by atoms with Crippen molar-refractivity contribution in [2.75, 3.05) is 0 Å². The molecule has 3 rings (SSSR count). The van der Waals surface area contributed by atoms with Crippen LogP contribution in [-0.4, -0.2) is 28.6 Å². The van der Waals surface area contributed by atoms with E-state index in [1.807, 2.05) is 30.3 Å². The molecule has 0 fully saturated rings. The summed E-state index contributed by atoms with van der Waals surface area (Å²) in [7, 11) is -3.47. The van der Waals surface area contributed by atoms with Gasteiger partial charge in [-0.25, -0.2) is 8.42 Å². The van der Waals surface area contributed by atoms with Crippen LogP contribution in [0.3, 0.4) is 0 Å². The molecular weight excluding hydrogens is 356 g/mol. The van der Waals surface area contributed by atoms with Crippen molar-refractivity contribution in [3.8, 4) is 5.69 Å². The van der Waals surface area contributed by atoms with Crippen LogP contribution in [0.4, 0.5) is 0 Å². The van der Waals surface area contributed by atoms with Crippen molar-refractivity contribution in [3.05, 3.63) is 57.5 Å². The Labute approximate surface area is 142 Å². The van der Waals surface area contributed by atoms with E-state index < -0.39 is 15.1 Å². The third kappa shape index (κ3) is 3.44. The smallest absolute Gasteiger partial charge is 0.174 e. The van der Waals surface area contributed by atoms with Crippen LogP contribution in [0, 0.1) is 0 Å². The maximum Gasteiger partial charge on any atom is 0.174 e. The van der Waals surface area contributed by atoms with Crippen molar-refractivity contribution in [2.24, 2.45) is 0 Å². The molecule has 0 aliphatic rings. The van der Waals surface area contributed by atoms with Crippen LogP contribution < -0.4 is 0 Å². The Bertz CT molecular complexity index is 906. The monoisotopic (exact) mass is 368 g/mol. The summed E-state index contributed by atoms with van der Waals surface area (Å²) in [6.07, 6.45) is 0. The van der Waals surface area contributed by atoms with Crippen molar-refractivity contribution in [3.63, 3.8) is 0 Å². The minimum Gasteiger partial charge on any atom is -0.228 e. The van der Waals surface area contributed by atoms with E-state index in [0.29, 0.717) is 20.7 Å². The molecule has 0 spiro atoms. The Morgan fingerprint density at radius 3 is 2.61 bits per heavy atom. The molecule has 3 aromatic rings. The van der Waals surface area contributed by atoms with Gasteiger partial charge in [0.15, 0.2) is 15.7 Å². The molecule has 0 saturated carbocycles. The van der Waals surface area contributed by atoms with Crippen LogP contribution in [0.2, 0.25) is 4.34 Å². The zero-order valence-electron chi connectivity index (χ0n) is 12.1. The molecule has 0 aliphatic carbocycles.